The molecule has 1 aromatic heterocycles. The average Bonchev–Trinajstić information content (AvgIpc) is 3.06. The lowest BCUT2D eigenvalue weighted by Crippen LogP contribution is -2.21. The summed E-state index contributed by atoms with van der Waals surface area (Å²) in [6.45, 7) is 2.69. The molecular weight excluding hydrogens is 328 g/mol. The van der Waals surface area contributed by atoms with E-state index >= 15 is 0 Å². The van der Waals surface area contributed by atoms with Crippen LogP contribution in [0.15, 0.2) is 48.5 Å². The van der Waals surface area contributed by atoms with Crippen LogP contribution in [-0.2, 0) is 6.54 Å². The monoisotopic (exact) mass is 345 g/mol. The molecule has 0 saturated heterocycles. The molecular formula is C18H17F2N3S. The van der Waals surface area contributed by atoms with Gasteiger partial charge in [-0.25, -0.2) is 8.78 Å². The molecule has 0 aliphatic rings. The van der Waals surface area contributed by atoms with Gasteiger partial charge in [0.25, 0.3) is 0 Å². The van der Waals surface area contributed by atoms with E-state index in [1.54, 1.807) is 30.3 Å². The Kier molecular flexibility index (Phi) is 4.97. The molecule has 0 aliphatic heterocycles. The second kappa shape index (κ2) is 7.15. The number of benzene rings is 2. The van der Waals surface area contributed by atoms with Gasteiger partial charge < -0.3 is 0 Å². The van der Waals surface area contributed by atoms with Crippen LogP contribution in [0.2, 0.25) is 0 Å². The smallest absolute Gasteiger partial charge is 0.150 e. The van der Waals surface area contributed by atoms with Crippen LogP contribution in [0, 0.1) is 11.6 Å². The van der Waals surface area contributed by atoms with Crippen LogP contribution in [0.4, 0.5) is 8.78 Å². The summed E-state index contributed by atoms with van der Waals surface area (Å²) in [5.41, 5.74) is 1.49. The fourth-order valence-corrected chi connectivity index (χ4v) is 3.34. The average molecular weight is 345 g/mol. The van der Waals surface area contributed by atoms with Crippen molar-refractivity contribution in [2.75, 3.05) is 7.05 Å². The predicted octanol–water partition coefficient (Wildman–Crippen LogP) is 4.68. The maximum absolute atomic E-state index is 13.9. The Morgan fingerprint density at radius 3 is 2.46 bits per heavy atom. The van der Waals surface area contributed by atoms with Crippen LogP contribution in [0.5, 0.6) is 0 Å². The molecule has 2 aromatic carbocycles. The molecule has 0 N–H and O–H groups in total. The highest BCUT2D eigenvalue weighted by Gasteiger charge is 2.18. The van der Waals surface area contributed by atoms with Gasteiger partial charge in [0.05, 0.1) is 6.04 Å². The van der Waals surface area contributed by atoms with Crippen molar-refractivity contribution < 1.29 is 8.78 Å². The van der Waals surface area contributed by atoms with Gasteiger partial charge in [0.2, 0.25) is 0 Å². The predicted molar refractivity (Wildman–Crippen MR) is 91.6 cm³/mol. The first-order valence-electron chi connectivity index (χ1n) is 7.57. The van der Waals surface area contributed by atoms with Crippen molar-refractivity contribution in [1.82, 2.24) is 15.1 Å². The molecule has 1 heterocycles. The van der Waals surface area contributed by atoms with Gasteiger partial charge in [-0.2, -0.15) is 0 Å². The summed E-state index contributed by atoms with van der Waals surface area (Å²) >= 11 is 1.39. The molecule has 24 heavy (non-hydrogen) atoms. The molecule has 1 unspecified atom stereocenters. The molecule has 124 valence electrons. The van der Waals surface area contributed by atoms with Crippen molar-refractivity contribution in [2.45, 2.75) is 19.5 Å². The quantitative estimate of drug-likeness (QED) is 0.672. The van der Waals surface area contributed by atoms with Crippen molar-refractivity contribution in [2.24, 2.45) is 0 Å². The lowest BCUT2D eigenvalue weighted by atomic mass is 10.2. The Morgan fingerprint density at radius 2 is 1.75 bits per heavy atom. The SMILES string of the molecule is CC(c1nnc(-c2ccccc2F)s1)N(C)Cc1ccc(F)cc1. The highest BCUT2D eigenvalue weighted by molar-refractivity contribution is 7.14. The number of halogens is 2. The number of nitrogens with zero attached hydrogens (tertiary/aromatic N) is 3. The van der Waals surface area contributed by atoms with E-state index in [0.717, 1.165) is 10.6 Å². The minimum atomic E-state index is -0.299. The topological polar surface area (TPSA) is 29.0 Å². The van der Waals surface area contributed by atoms with E-state index in [1.165, 1.54) is 29.5 Å². The molecule has 3 nitrogen and oxygen atoms in total. The van der Waals surface area contributed by atoms with Crippen molar-refractivity contribution in [3.8, 4) is 10.6 Å². The van der Waals surface area contributed by atoms with Crippen molar-refractivity contribution >= 4 is 11.3 Å². The minimum Gasteiger partial charge on any atom is -0.293 e. The van der Waals surface area contributed by atoms with E-state index in [9.17, 15) is 8.78 Å². The van der Waals surface area contributed by atoms with Gasteiger partial charge in [0.1, 0.15) is 16.6 Å². The van der Waals surface area contributed by atoms with Crippen LogP contribution in [-0.4, -0.2) is 22.1 Å². The first kappa shape index (κ1) is 16.7. The zero-order chi connectivity index (χ0) is 17.1. The van der Waals surface area contributed by atoms with Gasteiger partial charge in [-0.05, 0) is 43.8 Å². The molecule has 6 heteroatoms. The standard InChI is InChI=1S/C18H17F2N3S/c1-12(23(2)11-13-7-9-14(19)10-8-13)17-21-22-18(24-17)15-5-3-4-6-16(15)20/h3-10,12H,11H2,1-2H3. The van der Waals surface area contributed by atoms with Crippen LogP contribution in [0.1, 0.15) is 23.5 Å². The van der Waals surface area contributed by atoms with Gasteiger partial charge in [0.15, 0.2) is 5.01 Å². The summed E-state index contributed by atoms with van der Waals surface area (Å²) in [5.74, 6) is -0.541. The van der Waals surface area contributed by atoms with Crippen molar-refractivity contribution in [3.05, 3.63) is 70.7 Å². The van der Waals surface area contributed by atoms with Gasteiger partial charge in [-0.15, -0.1) is 10.2 Å². The number of hydrogen-bond donors (Lipinski definition) is 0. The lowest BCUT2D eigenvalue weighted by molar-refractivity contribution is 0.251. The van der Waals surface area contributed by atoms with E-state index < -0.39 is 0 Å². The molecule has 0 spiro atoms. The van der Waals surface area contributed by atoms with E-state index in [1.807, 2.05) is 14.0 Å². The Hall–Kier alpha value is -2.18. The van der Waals surface area contributed by atoms with E-state index in [2.05, 4.69) is 15.1 Å². The summed E-state index contributed by atoms with van der Waals surface area (Å²) in [6, 6.07) is 13.0. The van der Waals surface area contributed by atoms with Gasteiger partial charge >= 0.3 is 0 Å². The highest BCUT2D eigenvalue weighted by Crippen LogP contribution is 2.30. The maximum Gasteiger partial charge on any atom is 0.150 e. The number of hydrogen-bond acceptors (Lipinski definition) is 4. The third-order valence-electron chi connectivity index (χ3n) is 3.91. The molecule has 3 aromatic rings. The van der Waals surface area contributed by atoms with E-state index in [-0.39, 0.29) is 17.7 Å². The third kappa shape index (κ3) is 3.66. The first-order valence-corrected chi connectivity index (χ1v) is 8.39. The maximum atomic E-state index is 13.9. The lowest BCUT2D eigenvalue weighted by Gasteiger charge is -2.22. The highest BCUT2D eigenvalue weighted by atomic mass is 32.1. The van der Waals surface area contributed by atoms with Gasteiger partial charge in [-0.1, -0.05) is 35.6 Å². The number of aromatic nitrogens is 2. The molecule has 0 aliphatic carbocycles. The van der Waals surface area contributed by atoms with Gasteiger partial charge in [-0.3, -0.25) is 4.90 Å². The summed E-state index contributed by atoms with van der Waals surface area (Å²) in [4.78, 5) is 2.10. The molecule has 0 amide bonds. The molecule has 0 bridgehead atoms. The second-order valence-electron chi connectivity index (χ2n) is 5.64. The summed E-state index contributed by atoms with van der Waals surface area (Å²) in [5, 5.41) is 9.72. The van der Waals surface area contributed by atoms with Crippen LogP contribution in [0.3, 0.4) is 0 Å². The minimum absolute atomic E-state index is 0.0214. The zero-order valence-electron chi connectivity index (χ0n) is 13.4. The van der Waals surface area contributed by atoms with Crippen LogP contribution >= 0.6 is 11.3 Å². The second-order valence-corrected chi connectivity index (χ2v) is 6.65. The summed E-state index contributed by atoms with van der Waals surface area (Å²) in [7, 11) is 1.97. The van der Waals surface area contributed by atoms with E-state index in [4.69, 9.17) is 0 Å². The fraction of sp³-hybridized carbons (Fsp3) is 0.222. The molecule has 0 saturated carbocycles. The molecule has 1 atom stereocenters. The van der Waals surface area contributed by atoms with Gasteiger partial charge in [0, 0.05) is 12.1 Å². The van der Waals surface area contributed by atoms with Crippen molar-refractivity contribution in [3.63, 3.8) is 0 Å². The Balaban J connectivity index is 1.74. The summed E-state index contributed by atoms with van der Waals surface area (Å²) < 4.78 is 26.8. The normalized spacial score (nSPS) is 12.5. The first-order chi connectivity index (χ1) is 11.5. The Morgan fingerprint density at radius 1 is 1.04 bits per heavy atom. The summed E-state index contributed by atoms with van der Waals surface area (Å²) in [6.07, 6.45) is 0. The molecule has 0 fully saturated rings. The van der Waals surface area contributed by atoms with E-state index in [0.29, 0.717) is 17.1 Å². The number of rotatable bonds is 5. The largest absolute Gasteiger partial charge is 0.293 e. The Labute approximate surface area is 143 Å². The van der Waals surface area contributed by atoms with Crippen LogP contribution < -0.4 is 0 Å². The fourth-order valence-electron chi connectivity index (χ4n) is 2.35. The Bertz CT molecular complexity index is 817. The third-order valence-corrected chi connectivity index (χ3v) is 5.04. The zero-order valence-corrected chi connectivity index (χ0v) is 14.2. The molecule has 3 rings (SSSR count). The van der Waals surface area contributed by atoms with Crippen molar-refractivity contribution in [1.29, 1.82) is 0 Å². The molecule has 0 radical (unpaired) electrons. The van der Waals surface area contributed by atoms with Crippen LogP contribution in [0.25, 0.3) is 10.6 Å².